The highest BCUT2D eigenvalue weighted by Gasteiger charge is 2.22. The molecule has 1 aliphatic heterocycles. The average molecular weight is 263 g/mol. The second-order valence-electron chi connectivity index (χ2n) is 4.45. The molecule has 3 rings (SSSR count). The van der Waals surface area contributed by atoms with Crippen LogP contribution in [-0.2, 0) is 0 Å². The summed E-state index contributed by atoms with van der Waals surface area (Å²) in [7, 11) is 1.43. The van der Waals surface area contributed by atoms with Crippen molar-refractivity contribution in [2.75, 3.05) is 13.7 Å². The van der Waals surface area contributed by atoms with Crippen LogP contribution >= 0.6 is 0 Å². The van der Waals surface area contributed by atoms with Crippen molar-refractivity contribution in [1.29, 1.82) is 0 Å². The molecule has 5 nitrogen and oxygen atoms in total. The zero-order chi connectivity index (χ0) is 13.2. The highest BCUT2D eigenvalue weighted by Crippen LogP contribution is 2.26. The third-order valence-electron chi connectivity index (χ3n) is 3.21. The first kappa shape index (κ1) is 12.1. The number of nitrogens with one attached hydrogen (secondary N) is 1. The predicted octanol–water partition coefficient (Wildman–Crippen LogP) is 2.31. The van der Waals surface area contributed by atoms with Crippen molar-refractivity contribution in [3.63, 3.8) is 0 Å². The number of ether oxygens (including phenoxy) is 1. The fourth-order valence-corrected chi connectivity index (χ4v) is 2.19. The van der Waals surface area contributed by atoms with E-state index >= 15 is 0 Å². The van der Waals surface area contributed by atoms with Gasteiger partial charge >= 0.3 is 0 Å². The lowest BCUT2D eigenvalue weighted by atomic mass is 10.2. The van der Waals surface area contributed by atoms with Gasteiger partial charge in [-0.15, -0.1) is 0 Å². The Labute approximate surface area is 109 Å². The van der Waals surface area contributed by atoms with Gasteiger partial charge in [0.15, 0.2) is 11.6 Å². The fraction of sp³-hybridized carbons (Fsp3) is 0.385. The quantitative estimate of drug-likeness (QED) is 0.920. The molecular formula is C13H14FN3O2. The van der Waals surface area contributed by atoms with Gasteiger partial charge in [-0.2, -0.15) is 4.98 Å². The van der Waals surface area contributed by atoms with Crippen molar-refractivity contribution in [3.8, 4) is 17.1 Å². The molecule has 2 heterocycles. The van der Waals surface area contributed by atoms with E-state index in [0.717, 1.165) is 19.4 Å². The van der Waals surface area contributed by atoms with Gasteiger partial charge in [-0.3, -0.25) is 0 Å². The maximum absolute atomic E-state index is 13.6. The highest BCUT2D eigenvalue weighted by molar-refractivity contribution is 5.56. The zero-order valence-electron chi connectivity index (χ0n) is 10.5. The molecule has 19 heavy (non-hydrogen) atoms. The molecule has 0 amide bonds. The van der Waals surface area contributed by atoms with Crippen molar-refractivity contribution in [2.24, 2.45) is 0 Å². The summed E-state index contributed by atoms with van der Waals surface area (Å²) < 4.78 is 23.7. The molecule has 0 spiro atoms. The van der Waals surface area contributed by atoms with Gasteiger partial charge in [-0.25, -0.2) is 4.39 Å². The largest absolute Gasteiger partial charge is 0.494 e. The second-order valence-corrected chi connectivity index (χ2v) is 4.45. The maximum Gasteiger partial charge on any atom is 0.244 e. The van der Waals surface area contributed by atoms with E-state index in [0.29, 0.717) is 17.3 Å². The Morgan fingerprint density at radius 2 is 2.37 bits per heavy atom. The van der Waals surface area contributed by atoms with Crippen LogP contribution in [-0.4, -0.2) is 23.8 Å². The number of nitrogens with zero attached hydrogens (tertiary/aromatic N) is 2. The lowest BCUT2D eigenvalue weighted by Gasteiger charge is -2.02. The van der Waals surface area contributed by atoms with Crippen molar-refractivity contribution >= 4 is 0 Å². The number of hydrogen-bond donors (Lipinski definition) is 1. The van der Waals surface area contributed by atoms with Crippen molar-refractivity contribution in [3.05, 3.63) is 29.9 Å². The summed E-state index contributed by atoms with van der Waals surface area (Å²) in [6.07, 6.45) is 2.08. The molecule has 1 atom stereocenters. The Bertz CT molecular complexity index is 579. The number of benzene rings is 1. The molecule has 1 N–H and O–H groups in total. The van der Waals surface area contributed by atoms with Gasteiger partial charge in [-0.05, 0) is 37.6 Å². The normalized spacial score (nSPS) is 18.7. The summed E-state index contributed by atoms with van der Waals surface area (Å²) in [5, 5.41) is 7.17. The minimum absolute atomic E-state index is 0.115. The smallest absolute Gasteiger partial charge is 0.244 e. The minimum atomic E-state index is -0.439. The van der Waals surface area contributed by atoms with E-state index in [9.17, 15) is 4.39 Å². The first-order valence-corrected chi connectivity index (χ1v) is 6.19. The van der Waals surface area contributed by atoms with Crippen LogP contribution < -0.4 is 10.1 Å². The number of methoxy groups -OCH3 is 1. The van der Waals surface area contributed by atoms with Crippen LogP contribution in [0.5, 0.6) is 5.75 Å². The van der Waals surface area contributed by atoms with Gasteiger partial charge in [0.25, 0.3) is 0 Å². The van der Waals surface area contributed by atoms with Crippen molar-refractivity contribution in [1.82, 2.24) is 15.5 Å². The van der Waals surface area contributed by atoms with E-state index in [1.807, 2.05) is 0 Å². The molecule has 1 saturated heterocycles. The lowest BCUT2D eigenvalue weighted by Crippen LogP contribution is -2.12. The van der Waals surface area contributed by atoms with Gasteiger partial charge in [0, 0.05) is 5.56 Å². The van der Waals surface area contributed by atoms with Crippen molar-refractivity contribution in [2.45, 2.75) is 18.9 Å². The van der Waals surface area contributed by atoms with Crippen LogP contribution in [0.4, 0.5) is 4.39 Å². The van der Waals surface area contributed by atoms with Crippen LogP contribution in [0, 0.1) is 5.82 Å². The molecule has 0 unspecified atom stereocenters. The molecule has 0 aliphatic carbocycles. The molecule has 1 aliphatic rings. The highest BCUT2D eigenvalue weighted by atomic mass is 19.1. The molecule has 2 aromatic rings. The predicted molar refractivity (Wildman–Crippen MR) is 66.2 cm³/mol. The van der Waals surface area contributed by atoms with E-state index in [4.69, 9.17) is 9.26 Å². The molecular weight excluding hydrogens is 249 g/mol. The third-order valence-corrected chi connectivity index (χ3v) is 3.21. The summed E-state index contributed by atoms with van der Waals surface area (Å²) in [6.45, 7) is 0.958. The van der Waals surface area contributed by atoms with E-state index in [2.05, 4.69) is 15.5 Å². The lowest BCUT2D eigenvalue weighted by molar-refractivity contribution is 0.345. The molecule has 1 aromatic heterocycles. The Morgan fingerprint density at radius 3 is 3.05 bits per heavy atom. The maximum atomic E-state index is 13.6. The molecule has 0 saturated carbocycles. The van der Waals surface area contributed by atoms with Crippen LogP contribution in [0.3, 0.4) is 0 Å². The molecule has 1 fully saturated rings. The third kappa shape index (κ3) is 2.31. The molecule has 1 aromatic carbocycles. The molecule has 0 bridgehead atoms. The van der Waals surface area contributed by atoms with Gasteiger partial charge in [0.2, 0.25) is 11.7 Å². The second kappa shape index (κ2) is 4.97. The van der Waals surface area contributed by atoms with Gasteiger partial charge < -0.3 is 14.6 Å². The number of rotatable bonds is 3. The van der Waals surface area contributed by atoms with E-state index in [-0.39, 0.29) is 11.8 Å². The summed E-state index contributed by atoms with van der Waals surface area (Å²) >= 11 is 0. The van der Waals surface area contributed by atoms with Crippen LogP contribution in [0.2, 0.25) is 0 Å². The Hall–Kier alpha value is -1.95. The van der Waals surface area contributed by atoms with Crippen LogP contribution in [0.15, 0.2) is 22.7 Å². The monoisotopic (exact) mass is 263 g/mol. The molecule has 6 heteroatoms. The Kier molecular flexibility index (Phi) is 3.16. The fourth-order valence-electron chi connectivity index (χ4n) is 2.19. The molecule has 0 radical (unpaired) electrons. The summed E-state index contributed by atoms with van der Waals surface area (Å²) in [5.41, 5.74) is 0.575. The first-order chi connectivity index (χ1) is 9.28. The topological polar surface area (TPSA) is 60.2 Å². The first-order valence-electron chi connectivity index (χ1n) is 6.19. The summed E-state index contributed by atoms with van der Waals surface area (Å²) in [4.78, 5) is 4.31. The van der Waals surface area contributed by atoms with Crippen LogP contribution in [0.25, 0.3) is 11.4 Å². The van der Waals surface area contributed by atoms with Gasteiger partial charge in [0.1, 0.15) is 0 Å². The number of aromatic nitrogens is 2. The summed E-state index contributed by atoms with van der Waals surface area (Å²) in [5.74, 6) is 0.712. The number of halogens is 1. The van der Waals surface area contributed by atoms with E-state index in [1.165, 1.54) is 13.2 Å². The standard InChI is InChI=1S/C13H14FN3O2/c1-18-11-5-4-8(7-9(11)14)12-16-13(19-17-12)10-3-2-6-15-10/h4-5,7,10,15H,2-3,6H2,1H3/t10-/m0/s1. The Balaban J connectivity index is 1.87. The van der Waals surface area contributed by atoms with Gasteiger partial charge in [-0.1, -0.05) is 5.16 Å². The Morgan fingerprint density at radius 1 is 1.47 bits per heavy atom. The molecule has 100 valence electrons. The SMILES string of the molecule is COc1ccc(-c2noc([C@@H]3CCCN3)n2)cc1F. The minimum Gasteiger partial charge on any atom is -0.494 e. The number of hydrogen-bond acceptors (Lipinski definition) is 5. The van der Waals surface area contributed by atoms with E-state index in [1.54, 1.807) is 12.1 Å². The van der Waals surface area contributed by atoms with Gasteiger partial charge in [0.05, 0.1) is 13.2 Å². The van der Waals surface area contributed by atoms with Crippen molar-refractivity contribution < 1.29 is 13.7 Å². The van der Waals surface area contributed by atoms with Crippen LogP contribution in [0.1, 0.15) is 24.8 Å². The average Bonchev–Trinajstić information content (AvgIpc) is 3.09. The zero-order valence-corrected chi connectivity index (χ0v) is 10.5. The van der Waals surface area contributed by atoms with E-state index < -0.39 is 5.82 Å². The summed E-state index contributed by atoms with van der Waals surface area (Å²) in [6, 6.07) is 4.72.